The van der Waals surface area contributed by atoms with Gasteiger partial charge in [-0.25, -0.2) is 9.07 Å². The van der Waals surface area contributed by atoms with Crippen LogP contribution in [0.15, 0.2) is 72.8 Å². The number of para-hydroxylation sites is 2. The van der Waals surface area contributed by atoms with E-state index in [9.17, 15) is 9.59 Å². The lowest BCUT2D eigenvalue weighted by atomic mass is 10.0. The molecule has 1 N–H and O–H groups in total. The van der Waals surface area contributed by atoms with Crippen LogP contribution in [-0.2, 0) is 27.4 Å². The van der Waals surface area contributed by atoms with Gasteiger partial charge in [0.05, 0.1) is 25.3 Å². The summed E-state index contributed by atoms with van der Waals surface area (Å²) in [5, 5.41) is 11.2. The lowest BCUT2D eigenvalue weighted by Gasteiger charge is -2.32. The Labute approximate surface area is 225 Å². The number of aromatic nitrogens is 3. The first-order valence-corrected chi connectivity index (χ1v) is 12.9. The van der Waals surface area contributed by atoms with Gasteiger partial charge in [0.2, 0.25) is 11.8 Å². The van der Waals surface area contributed by atoms with Gasteiger partial charge >= 0.3 is 0 Å². The number of rotatable bonds is 10. The van der Waals surface area contributed by atoms with Gasteiger partial charge in [0.1, 0.15) is 29.7 Å². The molecular formula is C29H30FN5O4. The Balaban J connectivity index is 1.53. The highest BCUT2D eigenvalue weighted by molar-refractivity contribution is 5.89. The van der Waals surface area contributed by atoms with Gasteiger partial charge in [0.25, 0.3) is 0 Å². The second-order valence-electron chi connectivity index (χ2n) is 9.37. The van der Waals surface area contributed by atoms with Crippen molar-refractivity contribution in [3.8, 4) is 5.75 Å². The summed E-state index contributed by atoms with van der Waals surface area (Å²) in [6.45, 7) is 0.719. The molecule has 10 heteroatoms. The summed E-state index contributed by atoms with van der Waals surface area (Å²) in [6, 6.07) is 19.3. The normalized spacial score (nSPS) is 15.7. The first-order valence-electron chi connectivity index (χ1n) is 12.9. The van der Waals surface area contributed by atoms with Gasteiger partial charge in [-0.1, -0.05) is 53.7 Å². The van der Waals surface area contributed by atoms with Crippen molar-refractivity contribution in [2.24, 2.45) is 0 Å². The van der Waals surface area contributed by atoms with Crippen LogP contribution < -0.4 is 10.1 Å². The molecule has 0 spiro atoms. The third kappa shape index (κ3) is 5.91. The van der Waals surface area contributed by atoms with Crippen molar-refractivity contribution in [3.05, 3.63) is 89.7 Å². The Hall–Kier alpha value is -4.31. The molecule has 4 aromatic rings. The first kappa shape index (κ1) is 26.3. The fourth-order valence-corrected chi connectivity index (χ4v) is 4.86. The van der Waals surface area contributed by atoms with Crippen molar-refractivity contribution in [2.45, 2.75) is 38.1 Å². The molecule has 2 atom stereocenters. The average Bonchev–Trinajstić information content (AvgIpc) is 3.63. The minimum absolute atomic E-state index is 0.00181. The lowest BCUT2D eigenvalue weighted by Crippen LogP contribution is -2.46. The van der Waals surface area contributed by atoms with E-state index in [1.807, 2.05) is 36.4 Å². The molecule has 202 valence electrons. The summed E-state index contributed by atoms with van der Waals surface area (Å²) in [5.74, 6) is -0.966. The van der Waals surface area contributed by atoms with Gasteiger partial charge in [0, 0.05) is 24.3 Å². The fraction of sp³-hybridized carbons (Fsp3) is 0.310. The molecule has 1 saturated heterocycles. The Bertz CT molecular complexity index is 1450. The molecule has 1 fully saturated rings. The number of benzene rings is 3. The molecule has 2 heterocycles. The molecule has 1 aromatic heterocycles. The van der Waals surface area contributed by atoms with Crippen molar-refractivity contribution in [1.82, 2.24) is 25.2 Å². The predicted octanol–water partition coefficient (Wildman–Crippen LogP) is 3.64. The van der Waals surface area contributed by atoms with Crippen molar-refractivity contribution in [1.29, 1.82) is 0 Å². The van der Waals surface area contributed by atoms with Crippen LogP contribution in [-0.4, -0.2) is 58.1 Å². The minimum Gasteiger partial charge on any atom is -0.496 e. The number of ether oxygens (including phenoxy) is 2. The summed E-state index contributed by atoms with van der Waals surface area (Å²) in [5.41, 5.74) is 2.08. The number of carbonyl (C=O) groups is 2. The SMILES string of the molecule is COc1ccccc1CN(C(=O)Cn1nnc2ccccc21)[C@H](C(=O)NC[C@@H]1CCCO1)c1ccccc1F. The number of fused-ring (bicyclic) bond motifs is 1. The number of hydrogen-bond donors (Lipinski definition) is 1. The predicted molar refractivity (Wildman–Crippen MR) is 142 cm³/mol. The summed E-state index contributed by atoms with van der Waals surface area (Å²) in [6.07, 6.45) is 1.63. The maximum atomic E-state index is 15.2. The van der Waals surface area contributed by atoms with Gasteiger partial charge in [-0.2, -0.15) is 0 Å². The fourth-order valence-electron chi connectivity index (χ4n) is 4.86. The van der Waals surface area contributed by atoms with Crippen molar-refractivity contribution in [2.75, 3.05) is 20.3 Å². The van der Waals surface area contributed by atoms with Crippen LogP contribution in [0, 0.1) is 5.82 Å². The van der Waals surface area contributed by atoms with E-state index in [0.717, 1.165) is 12.8 Å². The summed E-state index contributed by atoms with van der Waals surface area (Å²) in [7, 11) is 1.54. The van der Waals surface area contributed by atoms with E-state index in [-0.39, 0.29) is 31.3 Å². The van der Waals surface area contributed by atoms with E-state index in [1.165, 1.54) is 28.8 Å². The van der Waals surface area contributed by atoms with E-state index >= 15 is 4.39 Å². The van der Waals surface area contributed by atoms with Gasteiger partial charge in [-0.15, -0.1) is 5.10 Å². The Kier molecular flexibility index (Phi) is 8.12. The molecule has 3 aromatic carbocycles. The topological polar surface area (TPSA) is 98.6 Å². The molecule has 0 saturated carbocycles. The zero-order valence-electron chi connectivity index (χ0n) is 21.6. The second-order valence-corrected chi connectivity index (χ2v) is 9.37. The van der Waals surface area contributed by atoms with Crippen LogP contribution in [0.25, 0.3) is 11.0 Å². The van der Waals surface area contributed by atoms with E-state index in [1.54, 1.807) is 24.3 Å². The highest BCUT2D eigenvalue weighted by atomic mass is 19.1. The van der Waals surface area contributed by atoms with Crippen LogP contribution in [0.5, 0.6) is 5.75 Å². The van der Waals surface area contributed by atoms with Crippen molar-refractivity contribution < 1.29 is 23.5 Å². The number of nitrogens with one attached hydrogen (secondary N) is 1. The molecule has 0 aliphatic carbocycles. The summed E-state index contributed by atoms with van der Waals surface area (Å²) in [4.78, 5) is 29.2. The molecule has 0 radical (unpaired) electrons. The minimum atomic E-state index is -1.25. The van der Waals surface area contributed by atoms with E-state index < -0.39 is 23.7 Å². The van der Waals surface area contributed by atoms with E-state index in [0.29, 0.717) is 29.0 Å². The highest BCUT2D eigenvalue weighted by Gasteiger charge is 2.35. The number of halogens is 1. The largest absolute Gasteiger partial charge is 0.496 e. The summed E-state index contributed by atoms with van der Waals surface area (Å²) < 4.78 is 27.9. The van der Waals surface area contributed by atoms with Crippen LogP contribution in [0.2, 0.25) is 0 Å². The molecule has 9 nitrogen and oxygen atoms in total. The maximum absolute atomic E-state index is 15.2. The second kappa shape index (κ2) is 12.0. The molecule has 1 aliphatic heterocycles. The number of amides is 2. The monoisotopic (exact) mass is 531 g/mol. The van der Waals surface area contributed by atoms with E-state index in [4.69, 9.17) is 9.47 Å². The quantitative estimate of drug-likeness (QED) is 0.336. The Morgan fingerprint density at radius 1 is 1.13 bits per heavy atom. The smallest absolute Gasteiger partial charge is 0.247 e. The van der Waals surface area contributed by atoms with Crippen LogP contribution in [0.4, 0.5) is 4.39 Å². The number of hydrogen-bond acceptors (Lipinski definition) is 6. The zero-order valence-corrected chi connectivity index (χ0v) is 21.6. The highest BCUT2D eigenvalue weighted by Crippen LogP contribution is 2.29. The van der Waals surface area contributed by atoms with Gasteiger partial charge < -0.3 is 19.7 Å². The van der Waals surface area contributed by atoms with Crippen molar-refractivity contribution in [3.63, 3.8) is 0 Å². The Morgan fingerprint density at radius 2 is 1.90 bits per heavy atom. The Morgan fingerprint density at radius 3 is 2.69 bits per heavy atom. The van der Waals surface area contributed by atoms with Crippen LogP contribution in [0.1, 0.15) is 30.0 Å². The molecular weight excluding hydrogens is 501 g/mol. The molecule has 1 aliphatic rings. The molecule has 0 unspecified atom stereocenters. The molecule has 39 heavy (non-hydrogen) atoms. The molecule has 0 bridgehead atoms. The van der Waals surface area contributed by atoms with Gasteiger partial charge in [-0.05, 0) is 37.1 Å². The van der Waals surface area contributed by atoms with Gasteiger partial charge in [0.15, 0.2) is 0 Å². The van der Waals surface area contributed by atoms with Crippen LogP contribution >= 0.6 is 0 Å². The number of methoxy groups -OCH3 is 1. The van der Waals surface area contributed by atoms with Crippen LogP contribution in [0.3, 0.4) is 0 Å². The first-order chi connectivity index (χ1) is 19.0. The van der Waals surface area contributed by atoms with E-state index in [2.05, 4.69) is 15.6 Å². The lowest BCUT2D eigenvalue weighted by molar-refractivity contribution is -0.142. The molecule has 2 amide bonds. The maximum Gasteiger partial charge on any atom is 0.247 e. The van der Waals surface area contributed by atoms with Crippen molar-refractivity contribution >= 4 is 22.8 Å². The van der Waals surface area contributed by atoms with Gasteiger partial charge in [-0.3, -0.25) is 9.59 Å². The average molecular weight is 532 g/mol. The number of nitrogens with zero attached hydrogens (tertiary/aromatic N) is 4. The third-order valence-electron chi connectivity index (χ3n) is 6.85. The standard InChI is InChI=1S/C29H30FN5O4/c1-38-26-15-7-2-9-20(26)18-34(27(36)19-35-25-14-6-5-13-24(25)32-33-35)28(22-11-3-4-12-23(22)30)29(37)31-17-21-10-8-16-39-21/h2-7,9,11-15,21,28H,8,10,16-19H2,1H3,(H,31,37)/t21-,28-/m0/s1. The number of carbonyl (C=O) groups excluding carboxylic acids is 2. The zero-order chi connectivity index (χ0) is 27.2. The molecule has 5 rings (SSSR count). The summed E-state index contributed by atoms with van der Waals surface area (Å²) >= 11 is 0. The third-order valence-corrected chi connectivity index (χ3v) is 6.85.